The summed E-state index contributed by atoms with van der Waals surface area (Å²) in [6, 6.07) is 0. The van der Waals surface area contributed by atoms with Crippen LogP contribution in [0.5, 0.6) is 0 Å². The van der Waals surface area contributed by atoms with Crippen LogP contribution >= 0.6 is 0 Å². The van der Waals surface area contributed by atoms with Crippen LogP contribution in [0.3, 0.4) is 0 Å². The first kappa shape index (κ1) is 15.4. The number of aromatic nitrogens is 2. The predicted molar refractivity (Wildman–Crippen MR) is 73.3 cm³/mol. The summed E-state index contributed by atoms with van der Waals surface area (Å²) in [5.41, 5.74) is 0. The van der Waals surface area contributed by atoms with Crippen molar-refractivity contribution in [2.45, 2.75) is 26.0 Å². The first-order valence-corrected chi connectivity index (χ1v) is 7.10. The van der Waals surface area contributed by atoms with E-state index in [4.69, 9.17) is 9.26 Å². The van der Waals surface area contributed by atoms with Crippen LogP contribution in [0.2, 0.25) is 0 Å². The summed E-state index contributed by atoms with van der Waals surface area (Å²) in [6.07, 6.45) is 0.420. The van der Waals surface area contributed by atoms with Crippen LogP contribution < -0.4 is 0 Å². The number of piperazine rings is 1. The molecule has 0 radical (unpaired) electrons. The van der Waals surface area contributed by atoms with Gasteiger partial charge in [-0.3, -0.25) is 9.80 Å². The van der Waals surface area contributed by atoms with Gasteiger partial charge in [-0.2, -0.15) is 4.98 Å². The molecule has 1 atom stereocenters. The number of aliphatic hydroxyl groups excluding tert-OH is 1. The lowest BCUT2D eigenvalue weighted by Gasteiger charge is -2.34. The molecule has 20 heavy (non-hydrogen) atoms. The average Bonchev–Trinajstić information content (AvgIpc) is 2.86. The topological polar surface area (TPSA) is 74.9 Å². The molecule has 0 saturated carbocycles. The van der Waals surface area contributed by atoms with Gasteiger partial charge in [-0.15, -0.1) is 0 Å². The standard InChI is InChI=1S/C13H24N4O3/c1-11(18)9-16-4-6-17(7-5-16)10-13-14-12(15-20-13)3-8-19-2/h11,18H,3-10H2,1-2H3. The molecule has 1 aliphatic heterocycles. The Kier molecular flexibility index (Phi) is 5.90. The summed E-state index contributed by atoms with van der Waals surface area (Å²) in [5.74, 6) is 1.37. The van der Waals surface area contributed by atoms with E-state index in [9.17, 15) is 5.11 Å². The lowest BCUT2D eigenvalue weighted by Crippen LogP contribution is -2.47. The molecule has 7 heteroatoms. The number of aliphatic hydroxyl groups is 1. The van der Waals surface area contributed by atoms with Crippen molar-refractivity contribution in [3.63, 3.8) is 0 Å². The van der Waals surface area contributed by atoms with Gasteiger partial charge in [0, 0.05) is 46.3 Å². The number of nitrogens with zero attached hydrogens (tertiary/aromatic N) is 4. The molecule has 0 aliphatic carbocycles. The smallest absolute Gasteiger partial charge is 0.240 e. The predicted octanol–water partition coefficient (Wildman–Crippen LogP) is -0.243. The summed E-state index contributed by atoms with van der Waals surface area (Å²) in [5, 5.41) is 13.3. The maximum Gasteiger partial charge on any atom is 0.240 e. The highest BCUT2D eigenvalue weighted by molar-refractivity contribution is 4.87. The second-order valence-corrected chi connectivity index (χ2v) is 5.27. The van der Waals surface area contributed by atoms with Crippen molar-refractivity contribution in [2.24, 2.45) is 0 Å². The van der Waals surface area contributed by atoms with Gasteiger partial charge in [0.2, 0.25) is 5.89 Å². The molecule has 1 fully saturated rings. The normalized spacial score (nSPS) is 19.4. The number of β-amino-alcohol motifs (C(OH)–C–C–N with tert-alkyl or cyclic N) is 1. The Morgan fingerprint density at radius 2 is 2.00 bits per heavy atom. The van der Waals surface area contributed by atoms with Crippen molar-refractivity contribution >= 4 is 0 Å². The quantitative estimate of drug-likeness (QED) is 0.740. The van der Waals surface area contributed by atoms with E-state index in [-0.39, 0.29) is 6.10 Å². The fourth-order valence-electron chi connectivity index (χ4n) is 2.34. The number of ether oxygens (including phenoxy) is 1. The van der Waals surface area contributed by atoms with Gasteiger partial charge in [-0.25, -0.2) is 0 Å². The van der Waals surface area contributed by atoms with E-state index in [0.29, 0.717) is 31.3 Å². The van der Waals surface area contributed by atoms with E-state index in [1.807, 2.05) is 6.92 Å². The Labute approximate surface area is 119 Å². The number of hydrogen-bond donors (Lipinski definition) is 1. The molecule has 0 aromatic carbocycles. The van der Waals surface area contributed by atoms with Crippen LogP contribution in [0, 0.1) is 0 Å². The van der Waals surface area contributed by atoms with Gasteiger partial charge >= 0.3 is 0 Å². The minimum absolute atomic E-state index is 0.263. The van der Waals surface area contributed by atoms with Gasteiger partial charge in [0.1, 0.15) is 0 Å². The molecule has 2 rings (SSSR count). The number of hydrogen-bond acceptors (Lipinski definition) is 7. The Morgan fingerprint density at radius 3 is 2.65 bits per heavy atom. The van der Waals surface area contributed by atoms with Crippen molar-refractivity contribution in [1.82, 2.24) is 19.9 Å². The maximum absolute atomic E-state index is 9.38. The number of rotatable bonds is 7. The van der Waals surface area contributed by atoms with Crippen molar-refractivity contribution in [2.75, 3.05) is 46.4 Å². The summed E-state index contributed by atoms with van der Waals surface area (Å²) < 4.78 is 10.2. The van der Waals surface area contributed by atoms with E-state index >= 15 is 0 Å². The van der Waals surface area contributed by atoms with E-state index in [1.165, 1.54) is 0 Å². The third-order valence-electron chi connectivity index (χ3n) is 3.39. The van der Waals surface area contributed by atoms with Crippen LogP contribution in [-0.4, -0.2) is 77.6 Å². The molecule has 0 bridgehead atoms. The Morgan fingerprint density at radius 1 is 1.30 bits per heavy atom. The van der Waals surface area contributed by atoms with Crippen LogP contribution in [0.25, 0.3) is 0 Å². The summed E-state index contributed by atoms with van der Waals surface area (Å²) in [4.78, 5) is 8.93. The fraction of sp³-hybridized carbons (Fsp3) is 0.846. The second kappa shape index (κ2) is 7.68. The molecule has 0 spiro atoms. The van der Waals surface area contributed by atoms with Crippen LogP contribution in [0.1, 0.15) is 18.6 Å². The number of methoxy groups -OCH3 is 1. The average molecular weight is 284 g/mol. The van der Waals surface area contributed by atoms with Crippen LogP contribution in [0.4, 0.5) is 0 Å². The molecular weight excluding hydrogens is 260 g/mol. The van der Waals surface area contributed by atoms with Gasteiger partial charge in [0.05, 0.1) is 19.3 Å². The van der Waals surface area contributed by atoms with Crippen molar-refractivity contribution < 1.29 is 14.4 Å². The highest BCUT2D eigenvalue weighted by atomic mass is 16.5. The molecule has 1 unspecified atom stereocenters. The Balaban J connectivity index is 1.73. The van der Waals surface area contributed by atoms with Gasteiger partial charge in [0.15, 0.2) is 5.82 Å². The zero-order valence-corrected chi connectivity index (χ0v) is 12.3. The largest absolute Gasteiger partial charge is 0.392 e. The third kappa shape index (κ3) is 4.82. The minimum atomic E-state index is -0.263. The van der Waals surface area contributed by atoms with Crippen LogP contribution in [0.15, 0.2) is 4.52 Å². The van der Waals surface area contributed by atoms with Gasteiger partial charge in [-0.1, -0.05) is 5.16 Å². The highest BCUT2D eigenvalue weighted by Gasteiger charge is 2.19. The lowest BCUT2D eigenvalue weighted by molar-refractivity contribution is 0.0737. The van der Waals surface area contributed by atoms with Crippen LogP contribution in [-0.2, 0) is 17.7 Å². The monoisotopic (exact) mass is 284 g/mol. The first-order chi connectivity index (χ1) is 9.67. The molecule has 1 aliphatic rings. The van der Waals surface area contributed by atoms with Crippen molar-refractivity contribution in [1.29, 1.82) is 0 Å². The van der Waals surface area contributed by atoms with Crippen molar-refractivity contribution in [3.8, 4) is 0 Å². The molecule has 114 valence electrons. The Bertz CT molecular complexity index is 389. The first-order valence-electron chi connectivity index (χ1n) is 7.10. The molecular formula is C13H24N4O3. The Hall–Kier alpha value is -1.02. The van der Waals surface area contributed by atoms with Gasteiger partial charge < -0.3 is 14.4 Å². The third-order valence-corrected chi connectivity index (χ3v) is 3.39. The summed E-state index contributed by atoms with van der Waals surface area (Å²) in [6.45, 7) is 7.73. The molecule has 2 heterocycles. The lowest BCUT2D eigenvalue weighted by atomic mass is 10.3. The summed E-state index contributed by atoms with van der Waals surface area (Å²) in [7, 11) is 1.66. The molecule has 1 N–H and O–H groups in total. The molecule has 0 amide bonds. The van der Waals surface area contributed by atoms with E-state index < -0.39 is 0 Å². The fourth-order valence-corrected chi connectivity index (χ4v) is 2.34. The molecule has 1 saturated heterocycles. The second-order valence-electron chi connectivity index (χ2n) is 5.27. The summed E-state index contributed by atoms with van der Waals surface area (Å²) >= 11 is 0. The van der Waals surface area contributed by atoms with Gasteiger partial charge in [-0.05, 0) is 6.92 Å². The molecule has 7 nitrogen and oxygen atoms in total. The maximum atomic E-state index is 9.38. The molecule has 1 aromatic rings. The SMILES string of the molecule is COCCc1noc(CN2CCN(CC(C)O)CC2)n1. The van der Waals surface area contributed by atoms with E-state index in [1.54, 1.807) is 7.11 Å². The van der Waals surface area contributed by atoms with E-state index in [0.717, 1.165) is 32.7 Å². The van der Waals surface area contributed by atoms with Crippen molar-refractivity contribution in [3.05, 3.63) is 11.7 Å². The van der Waals surface area contributed by atoms with E-state index in [2.05, 4.69) is 19.9 Å². The minimum Gasteiger partial charge on any atom is -0.392 e. The zero-order chi connectivity index (χ0) is 14.4. The highest BCUT2D eigenvalue weighted by Crippen LogP contribution is 2.08. The molecule has 1 aromatic heterocycles. The van der Waals surface area contributed by atoms with Gasteiger partial charge in [0.25, 0.3) is 0 Å². The zero-order valence-electron chi connectivity index (χ0n) is 12.3.